The summed E-state index contributed by atoms with van der Waals surface area (Å²) in [5, 5.41) is 0. The minimum atomic E-state index is -0.00939. The second-order valence-electron chi connectivity index (χ2n) is 8.35. The second kappa shape index (κ2) is 7.95. The van der Waals surface area contributed by atoms with Gasteiger partial charge in [0.25, 0.3) is 5.91 Å². The molecule has 0 saturated carbocycles. The number of carbonyl (C=O) groups is 2. The van der Waals surface area contributed by atoms with E-state index in [0.717, 1.165) is 11.1 Å². The summed E-state index contributed by atoms with van der Waals surface area (Å²) >= 11 is 0. The van der Waals surface area contributed by atoms with E-state index in [9.17, 15) is 9.59 Å². The Morgan fingerprint density at radius 3 is 1.85 bits per heavy atom. The molecule has 2 amide bonds. The molecule has 4 heteroatoms. The van der Waals surface area contributed by atoms with Crippen molar-refractivity contribution < 1.29 is 9.59 Å². The average Bonchev–Trinajstić information content (AvgIpc) is 2.67. The van der Waals surface area contributed by atoms with Crippen LogP contribution in [0.1, 0.15) is 37.6 Å². The maximum Gasteiger partial charge on any atom is 0.253 e. The fourth-order valence-corrected chi connectivity index (χ4v) is 3.34. The van der Waals surface area contributed by atoms with E-state index in [2.05, 4.69) is 32.9 Å². The maximum absolute atomic E-state index is 12.8. The summed E-state index contributed by atoms with van der Waals surface area (Å²) in [6.45, 7) is 8.63. The van der Waals surface area contributed by atoms with Gasteiger partial charge in [0.1, 0.15) is 0 Å². The van der Waals surface area contributed by atoms with Crippen LogP contribution in [0, 0.1) is 5.41 Å². The van der Waals surface area contributed by atoms with Crippen LogP contribution in [0.4, 0.5) is 0 Å². The fraction of sp³-hybridized carbons (Fsp3) is 0.391. The molecule has 1 saturated heterocycles. The highest BCUT2D eigenvalue weighted by Gasteiger charge is 2.27. The van der Waals surface area contributed by atoms with Crippen molar-refractivity contribution in [3.05, 3.63) is 60.2 Å². The van der Waals surface area contributed by atoms with E-state index in [1.165, 1.54) is 0 Å². The molecule has 2 aromatic rings. The lowest BCUT2D eigenvalue weighted by Crippen LogP contribution is -2.51. The third-order valence-corrected chi connectivity index (χ3v) is 4.84. The van der Waals surface area contributed by atoms with Gasteiger partial charge in [-0.3, -0.25) is 9.59 Å². The Labute approximate surface area is 161 Å². The van der Waals surface area contributed by atoms with E-state index in [-0.39, 0.29) is 17.2 Å². The number of benzene rings is 2. The third kappa shape index (κ3) is 4.97. The predicted molar refractivity (Wildman–Crippen MR) is 108 cm³/mol. The molecule has 1 aliphatic rings. The molecule has 1 heterocycles. The Bertz CT molecular complexity index is 783. The molecule has 0 unspecified atom stereocenters. The first-order valence-corrected chi connectivity index (χ1v) is 9.56. The van der Waals surface area contributed by atoms with Gasteiger partial charge in [-0.15, -0.1) is 0 Å². The summed E-state index contributed by atoms with van der Waals surface area (Å²) < 4.78 is 0. The normalized spacial score (nSPS) is 14.9. The number of hydrogen-bond donors (Lipinski definition) is 0. The van der Waals surface area contributed by atoms with E-state index in [0.29, 0.717) is 38.2 Å². The Kier molecular flexibility index (Phi) is 5.64. The number of piperazine rings is 1. The summed E-state index contributed by atoms with van der Waals surface area (Å²) in [7, 11) is 0. The molecular weight excluding hydrogens is 336 g/mol. The predicted octanol–water partition coefficient (Wildman–Crippen LogP) is 4.07. The van der Waals surface area contributed by atoms with Crippen molar-refractivity contribution in [2.75, 3.05) is 26.2 Å². The molecule has 142 valence electrons. The number of hydrogen-bond acceptors (Lipinski definition) is 2. The topological polar surface area (TPSA) is 40.6 Å². The SMILES string of the molecule is CC(C)(C)CC(=O)N1CCN(C(=O)c2ccc(-c3ccccc3)cc2)CC1. The molecule has 3 rings (SSSR count). The van der Waals surface area contributed by atoms with Crippen LogP contribution < -0.4 is 0 Å². The molecule has 0 N–H and O–H groups in total. The Balaban J connectivity index is 1.59. The molecule has 27 heavy (non-hydrogen) atoms. The van der Waals surface area contributed by atoms with Crippen LogP contribution in [0.3, 0.4) is 0 Å². The van der Waals surface area contributed by atoms with Gasteiger partial charge in [0.05, 0.1) is 0 Å². The first kappa shape index (κ1) is 19.2. The fourth-order valence-electron chi connectivity index (χ4n) is 3.34. The molecule has 0 spiro atoms. The molecule has 4 nitrogen and oxygen atoms in total. The molecule has 0 aliphatic carbocycles. The van der Waals surface area contributed by atoms with Crippen molar-refractivity contribution in [2.24, 2.45) is 5.41 Å². The lowest BCUT2D eigenvalue weighted by atomic mass is 9.91. The first-order valence-electron chi connectivity index (χ1n) is 9.56. The molecule has 2 aromatic carbocycles. The number of carbonyl (C=O) groups excluding carboxylic acids is 2. The lowest BCUT2D eigenvalue weighted by molar-refractivity contribution is -0.134. The zero-order valence-corrected chi connectivity index (χ0v) is 16.4. The van der Waals surface area contributed by atoms with Crippen molar-refractivity contribution in [1.82, 2.24) is 9.80 Å². The number of amides is 2. The van der Waals surface area contributed by atoms with Crippen molar-refractivity contribution in [1.29, 1.82) is 0 Å². The monoisotopic (exact) mass is 364 g/mol. The van der Waals surface area contributed by atoms with Crippen LogP contribution in [0.2, 0.25) is 0 Å². The summed E-state index contributed by atoms with van der Waals surface area (Å²) in [6.07, 6.45) is 0.544. The Morgan fingerprint density at radius 1 is 0.778 bits per heavy atom. The van der Waals surface area contributed by atoms with Gasteiger partial charge < -0.3 is 9.80 Å². The first-order chi connectivity index (χ1) is 12.8. The minimum Gasteiger partial charge on any atom is -0.339 e. The van der Waals surface area contributed by atoms with E-state index in [4.69, 9.17) is 0 Å². The van der Waals surface area contributed by atoms with Gasteiger partial charge in [0.2, 0.25) is 5.91 Å². The van der Waals surface area contributed by atoms with Crippen LogP contribution in [0.5, 0.6) is 0 Å². The van der Waals surface area contributed by atoms with Gasteiger partial charge in [-0.05, 0) is 28.7 Å². The van der Waals surface area contributed by atoms with Gasteiger partial charge in [0.15, 0.2) is 0 Å². The smallest absolute Gasteiger partial charge is 0.253 e. The van der Waals surface area contributed by atoms with Gasteiger partial charge in [0, 0.05) is 38.2 Å². The molecule has 0 atom stereocenters. The van der Waals surface area contributed by atoms with Gasteiger partial charge in [-0.25, -0.2) is 0 Å². The highest BCUT2D eigenvalue weighted by Crippen LogP contribution is 2.22. The summed E-state index contributed by atoms with van der Waals surface area (Å²) in [6, 6.07) is 17.9. The molecular formula is C23H28N2O2. The van der Waals surface area contributed by atoms with Crippen molar-refractivity contribution in [3.8, 4) is 11.1 Å². The van der Waals surface area contributed by atoms with E-state index < -0.39 is 0 Å². The largest absolute Gasteiger partial charge is 0.339 e. The lowest BCUT2D eigenvalue weighted by Gasteiger charge is -2.36. The minimum absolute atomic E-state index is 0.00939. The molecule has 0 aromatic heterocycles. The highest BCUT2D eigenvalue weighted by molar-refractivity contribution is 5.95. The van der Waals surface area contributed by atoms with E-state index in [1.54, 1.807) is 0 Å². The molecule has 1 aliphatic heterocycles. The van der Waals surface area contributed by atoms with Crippen LogP contribution in [0.15, 0.2) is 54.6 Å². The Hall–Kier alpha value is -2.62. The van der Waals surface area contributed by atoms with Crippen LogP contribution in [0.25, 0.3) is 11.1 Å². The van der Waals surface area contributed by atoms with E-state index in [1.807, 2.05) is 52.3 Å². The summed E-state index contributed by atoms with van der Waals surface area (Å²) in [5.74, 6) is 0.222. The zero-order valence-electron chi connectivity index (χ0n) is 16.4. The van der Waals surface area contributed by atoms with Crippen molar-refractivity contribution >= 4 is 11.8 Å². The third-order valence-electron chi connectivity index (χ3n) is 4.84. The van der Waals surface area contributed by atoms with Crippen LogP contribution >= 0.6 is 0 Å². The van der Waals surface area contributed by atoms with E-state index >= 15 is 0 Å². The van der Waals surface area contributed by atoms with Crippen molar-refractivity contribution in [2.45, 2.75) is 27.2 Å². The second-order valence-corrected chi connectivity index (χ2v) is 8.35. The number of nitrogens with zero attached hydrogens (tertiary/aromatic N) is 2. The average molecular weight is 364 g/mol. The van der Waals surface area contributed by atoms with Gasteiger partial charge >= 0.3 is 0 Å². The van der Waals surface area contributed by atoms with Gasteiger partial charge in [-0.1, -0.05) is 63.2 Å². The standard InChI is InChI=1S/C23H28N2O2/c1-23(2,3)17-21(26)24-13-15-25(16-14-24)22(27)20-11-9-19(10-12-20)18-7-5-4-6-8-18/h4-12H,13-17H2,1-3H3. The van der Waals surface area contributed by atoms with Crippen molar-refractivity contribution in [3.63, 3.8) is 0 Å². The Morgan fingerprint density at radius 2 is 1.30 bits per heavy atom. The summed E-state index contributed by atoms with van der Waals surface area (Å²) in [5.41, 5.74) is 2.93. The van der Waals surface area contributed by atoms with Crippen LogP contribution in [-0.2, 0) is 4.79 Å². The van der Waals surface area contributed by atoms with Crippen LogP contribution in [-0.4, -0.2) is 47.8 Å². The number of rotatable bonds is 3. The zero-order chi connectivity index (χ0) is 19.4. The van der Waals surface area contributed by atoms with Gasteiger partial charge in [-0.2, -0.15) is 0 Å². The highest BCUT2D eigenvalue weighted by atomic mass is 16.2. The molecule has 0 radical (unpaired) electrons. The molecule has 0 bridgehead atoms. The summed E-state index contributed by atoms with van der Waals surface area (Å²) in [4.78, 5) is 28.9. The molecule has 1 fully saturated rings. The maximum atomic E-state index is 12.8. The quantitative estimate of drug-likeness (QED) is 0.824.